The van der Waals surface area contributed by atoms with Crippen LogP contribution in [0.3, 0.4) is 0 Å². The van der Waals surface area contributed by atoms with Crippen LogP contribution >= 0.6 is 11.3 Å². The molecule has 0 saturated heterocycles. The van der Waals surface area contributed by atoms with E-state index >= 15 is 0 Å². The SMILES string of the molecule is O=C(N[C@H](Cc1c[nH]c2ccccc12)C(=O)Nc1ccc2c(c1)OCCCO2)c1cccs1. The normalized spacial score (nSPS) is 13.8. The molecule has 4 aromatic rings. The van der Waals surface area contributed by atoms with Crippen LogP contribution in [0.2, 0.25) is 0 Å². The summed E-state index contributed by atoms with van der Waals surface area (Å²) in [6, 6.07) is 16.0. The summed E-state index contributed by atoms with van der Waals surface area (Å²) in [5.74, 6) is 0.677. The Morgan fingerprint density at radius 1 is 1.03 bits per heavy atom. The summed E-state index contributed by atoms with van der Waals surface area (Å²) >= 11 is 1.34. The fourth-order valence-corrected chi connectivity index (χ4v) is 4.46. The number of ether oxygens (including phenoxy) is 2. The molecule has 0 bridgehead atoms. The highest BCUT2D eigenvalue weighted by atomic mass is 32.1. The van der Waals surface area contributed by atoms with Gasteiger partial charge in [0.15, 0.2) is 11.5 Å². The molecule has 2 aromatic carbocycles. The second-order valence-electron chi connectivity index (χ2n) is 7.77. The Morgan fingerprint density at radius 3 is 2.73 bits per heavy atom. The van der Waals surface area contributed by atoms with E-state index < -0.39 is 6.04 Å². The van der Waals surface area contributed by atoms with E-state index in [1.807, 2.05) is 41.9 Å². The van der Waals surface area contributed by atoms with Crippen molar-refractivity contribution < 1.29 is 19.1 Å². The maximum Gasteiger partial charge on any atom is 0.262 e. The zero-order valence-electron chi connectivity index (χ0n) is 17.8. The van der Waals surface area contributed by atoms with Crippen LogP contribution in [0.25, 0.3) is 10.9 Å². The number of aromatic amines is 1. The number of hydrogen-bond acceptors (Lipinski definition) is 5. The Kier molecular flexibility index (Phi) is 5.99. The van der Waals surface area contributed by atoms with Crippen molar-refractivity contribution in [2.24, 2.45) is 0 Å². The molecule has 0 aliphatic carbocycles. The second-order valence-corrected chi connectivity index (χ2v) is 8.72. The van der Waals surface area contributed by atoms with Crippen molar-refractivity contribution in [2.45, 2.75) is 18.9 Å². The number of aromatic nitrogens is 1. The van der Waals surface area contributed by atoms with Crippen LogP contribution in [0.1, 0.15) is 21.7 Å². The average Bonchev–Trinajstić information content (AvgIpc) is 3.45. The zero-order chi connectivity index (χ0) is 22.6. The van der Waals surface area contributed by atoms with Crippen molar-refractivity contribution in [1.82, 2.24) is 10.3 Å². The first-order valence-electron chi connectivity index (χ1n) is 10.8. The van der Waals surface area contributed by atoms with Crippen molar-refractivity contribution in [1.29, 1.82) is 0 Å². The Labute approximate surface area is 194 Å². The van der Waals surface area contributed by atoms with Crippen LogP contribution < -0.4 is 20.1 Å². The van der Waals surface area contributed by atoms with Crippen LogP contribution in [0, 0.1) is 0 Å². The molecule has 2 amide bonds. The molecule has 0 radical (unpaired) electrons. The molecule has 33 heavy (non-hydrogen) atoms. The molecule has 8 heteroatoms. The molecule has 168 valence electrons. The maximum absolute atomic E-state index is 13.3. The van der Waals surface area contributed by atoms with Gasteiger partial charge in [-0.05, 0) is 35.2 Å². The third kappa shape index (κ3) is 4.70. The predicted molar refractivity (Wildman–Crippen MR) is 128 cm³/mol. The van der Waals surface area contributed by atoms with Crippen LogP contribution in [0.4, 0.5) is 5.69 Å². The molecule has 7 nitrogen and oxygen atoms in total. The fourth-order valence-electron chi connectivity index (χ4n) is 3.84. The van der Waals surface area contributed by atoms with Crippen molar-refractivity contribution in [3.05, 3.63) is 76.6 Å². The smallest absolute Gasteiger partial charge is 0.262 e. The number of hydrogen-bond donors (Lipinski definition) is 3. The Bertz CT molecular complexity index is 1280. The lowest BCUT2D eigenvalue weighted by molar-refractivity contribution is -0.118. The molecule has 0 spiro atoms. The number of nitrogens with one attached hydrogen (secondary N) is 3. The lowest BCUT2D eigenvalue weighted by Gasteiger charge is -2.19. The number of carbonyl (C=O) groups is 2. The van der Waals surface area contributed by atoms with E-state index in [1.54, 1.807) is 24.3 Å². The van der Waals surface area contributed by atoms with Gasteiger partial charge < -0.3 is 25.1 Å². The standard InChI is InChI=1S/C25H23N3O4S/c29-24(27-17-8-9-21-22(14-17)32-11-4-10-31-21)20(28-25(30)23-7-3-12-33-23)13-16-15-26-19-6-2-1-5-18(16)19/h1-3,5-9,12,14-15,20,26H,4,10-11,13H2,(H,27,29)(H,28,30)/t20-/m1/s1. The summed E-state index contributed by atoms with van der Waals surface area (Å²) in [6.07, 6.45) is 3.03. The van der Waals surface area contributed by atoms with Gasteiger partial charge in [-0.25, -0.2) is 0 Å². The molecule has 3 heterocycles. The van der Waals surface area contributed by atoms with Crippen LogP contribution in [0.15, 0.2) is 66.2 Å². The first-order valence-corrected chi connectivity index (χ1v) is 11.7. The number of benzene rings is 2. The van der Waals surface area contributed by atoms with E-state index in [-0.39, 0.29) is 11.8 Å². The first-order chi connectivity index (χ1) is 16.2. The third-order valence-electron chi connectivity index (χ3n) is 5.48. The van der Waals surface area contributed by atoms with Crippen LogP contribution in [-0.4, -0.2) is 36.1 Å². The minimum atomic E-state index is -0.769. The summed E-state index contributed by atoms with van der Waals surface area (Å²) in [6.45, 7) is 1.16. The second kappa shape index (κ2) is 9.38. The highest BCUT2D eigenvalue weighted by molar-refractivity contribution is 7.12. The summed E-state index contributed by atoms with van der Waals surface area (Å²) in [5, 5.41) is 8.69. The summed E-state index contributed by atoms with van der Waals surface area (Å²) < 4.78 is 11.4. The molecule has 5 rings (SSSR count). The Balaban J connectivity index is 1.39. The number of thiophene rings is 1. The number of carbonyl (C=O) groups excluding carboxylic acids is 2. The van der Waals surface area contributed by atoms with E-state index in [0.29, 0.717) is 41.7 Å². The van der Waals surface area contributed by atoms with Crippen LogP contribution in [0.5, 0.6) is 11.5 Å². The lowest BCUT2D eigenvalue weighted by Crippen LogP contribution is -2.45. The number of rotatable bonds is 6. The highest BCUT2D eigenvalue weighted by Gasteiger charge is 2.24. The molecule has 0 fully saturated rings. The molecular weight excluding hydrogens is 438 g/mol. The van der Waals surface area contributed by atoms with Gasteiger partial charge in [0.2, 0.25) is 5.91 Å². The van der Waals surface area contributed by atoms with Gasteiger partial charge in [-0.1, -0.05) is 24.3 Å². The first kappa shape index (κ1) is 21.1. The molecule has 1 atom stereocenters. The fraction of sp³-hybridized carbons (Fsp3) is 0.200. The quantitative estimate of drug-likeness (QED) is 0.398. The van der Waals surface area contributed by atoms with E-state index in [9.17, 15) is 9.59 Å². The van der Waals surface area contributed by atoms with E-state index in [2.05, 4.69) is 15.6 Å². The third-order valence-corrected chi connectivity index (χ3v) is 6.35. The molecule has 1 aliphatic rings. The Hall–Kier alpha value is -3.78. The molecule has 0 saturated carbocycles. The minimum absolute atomic E-state index is 0.274. The molecule has 1 aliphatic heterocycles. The van der Waals surface area contributed by atoms with Gasteiger partial charge in [-0.3, -0.25) is 9.59 Å². The van der Waals surface area contributed by atoms with Gasteiger partial charge >= 0.3 is 0 Å². The summed E-state index contributed by atoms with van der Waals surface area (Å²) in [4.78, 5) is 29.9. The molecule has 2 aromatic heterocycles. The van der Waals surface area contributed by atoms with Gasteiger partial charge in [-0.2, -0.15) is 0 Å². The maximum atomic E-state index is 13.3. The van der Waals surface area contributed by atoms with Crippen molar-refractivity contribution in [2.75, 3.05) is 18.5 Å². The molecular formula is C25H23N3O4S. The van der Waals surface area contributed by atoms with E-state index in [0.717, 1.165) is 22.9 Å². The molecule has 3 N–H and O–H groups in total. The van der Waals surface area contributed by atoms with Gasteiger partial charge in [0, 0.05) is 41.7 Å². The summed E-state index contributed by atoms with van der Waals surface area (Å²) in [5.41, 5.74) is 2.52. The lowest BCUT2D eigenvalue weighted by atomic mass is 10.0. The zero-order valence-corrected chi connectivity index (χ0v) is 18.6. The summed E-state index contributed by atoms with van der Waals surface area (Å²) in [7, 11) is 0. The van der Waals surface area contributed by atoms with Gasteiger partial charge in [0.05, 0.1) is 18.1 Å². The van der Waals surface area contributed by atoms with Crippen molar-refractivity contribution >= 4 is 39.7 Å². The highest BCUT2D eigenvalue weighted by Crippen LogP contribution is 2.32. The predicted octanol–water partition coefficient (Wildman–Crippen LogP) is 4.37. The monoisotopic (exact) mass is 461 g/mol. The van der Waals surface area contributed by atoms with Crippen molar-refractivity contribution in [3.8, 4) is 11.5 Å². The van der Waals surface area contributed by atoms with Gasteiger partial charge in [0.25, 0.3) is 5.91 Å². The Morgan fingerprint density at radius 2 is 1.88 bits per heavy atom. The number of H-pyrrole nitrogens is 1. The topological polar surface area (TPSA) is 92.5 Å². The number of para-hydroxylation sites is 1. The minimum Gasteiger partial charge on any atom is -0.490 e. The number of amides is 2. The number of anilines is 1. The van der Waals surface area contributed by atoms with E-state index in [1.165, 1.54) is 11.3 Å². The molecule has 0 unspecified atom stereocenters. The van der Waals surface area contributed by atoms with Crippen LogP contribution in [-0.2, 0) is 11.2 Å². The van der Waals surface area contributed by atoms with Gasteiger partial charge in [0.1, 0.15) is 6.04 Å². The van der Waals surface area contributed by atoms with Gasteiger partial charge in [-0.15, -0.1) is 11.3 Å². The van der Waals surface area contributed by atoms with E-state index in [4.69, 9.17) is 9.47 Å². The average molecular weight is 462 g/mol. The largest absolute Gasteiger partial charge is 0.490 e. The van der Waals surface area contributed by atoms with Crippen molar-refractivity contribution in [3.63, 3.8) is 0 Å². The number of fused-ring (bicyclic) bond motifs is 2.